The standard InChI is InChI=1S/C26H32N2O2/c1-17-4-6-18(7-5-17)20-8-9-21-15-26(2,3)24(22(21)14-20)27-25(29)30-23-16-28-12-10-19(23)11-13-28/h4-9,14,19,23-24H,10-13,15-16H2,1-3H3,(H,27,29)/t23-,24?/m1/s1. The maximum atomic E-state index is 12.9. The van der Waals surface area contributed by atoms with E-state index in [0.717, 1.165) is 38.9 Å². The molecule has 0 saturated carbocycles. The average molecular weight is 405 g/mol. The van der Waals surface area contributed by atoms with Gasteiger partial charge in [-0.05, 0) is 78.9 Å². The Morgan fingerprint density at radius 1 is 1.07 bits per heavy atom. The van der Waals surface area contributed by atoms with Crippen molar-refractivity contribution in [1.82, 2.24) is 10.2 Å². The van der Waals surface area contributed by atoms with Crippen LogP contribution in [-0.2, 0) is 11.2 Å². The number of hydrogen-bond acceptors (Lipinski definition) is 3. The van der Waals surface area contributed by atoms with Crippen LogP contribution in [0.2, 0.25) is 0 Å². The van der Waals surface area contributed by atoms with Crippen LogP contribution in [-0.4, -0.2) is 36.7 Å². The second-order valence-electron chi connectivity index (χ2n) is 10.1. The number of aryl methyl sites for hydroxylation is 1. The van der Waals surface area contributed by atoms with E-state index in [1.165, 1.54) is 27.8 Å². The van der Waals surface area contributed by atoms with E-state index >= 15 is 0 Å². The molecule has 3 aliphatic heterocycles. The number of benzene rings is 2. The van der Waals surface area contributed by atoms with Gasteiger partial charge in [0.1, 0.15) is 6.10 Å². The highest BCUT2D eigenvalue weighted by Gasteiger charge is 2.42. The number of amides is 1. The van der Waals surface area contributed by atoms with Gasteiger partial charge in [-0.3, -0.25) is 4.90 Å². The molecular formula is C26H32N2O2. The van der Waals surface area contributed by atoms with E-state index in [1.54, 1.807) is 0 Å². The fourth-order valence-corrected chi connectivity index (χ4v) is 5.57. The van der Waals surface area contributed by atoms with Gasteiger partial charge in [0.25, 0.3) is 0 Å². The smallest absolute Gasteiger partial charge is 0.407 e. The molecule has 1 aliphatic carbocycles. The molecule has 158 valence electrons. The molecule has 0 aromatic heterocycles. The Labute approximate surface area is 179 Å². The lowest BCUT2D eigenvalue weighted by Crippen LogP contribution is -2.53. The molecule has 4 aliphatic rings. The Morgan fingerprint density at radius 2 is 1.77 bits per heavy atom. The lowest BCUT2D eigenvalue weighted by molar-refractivity contribution is -0.0348. The third kappa shape index (κ3) is 3.62. The summed E-state index contributed by atoms with van der Waals surface area (Å²) in [7, 11) is 0. The van der Waals surface area contributed by atoms with E-state index in [-0.39, 0.29) is 23.7 Å². The van der Waals surface area contributed by atoms with Crippen LogP contribution in [0.1, 0.15) is 49.4 Å². The maximum absolute atomic E-state index is 12.9. The van der Waals surface area contributed by atoms with Crippen molar-refractivity contribution in [2.24, 2.45) is 11.3 Å². The summed E-state index contributed by atoms with van der Waals surface area (Å²) < 4.78 is 5.93. The summed E-state index contributed by atoms with van der Waals surface area (Å²) in [5, 5.41) is 3.24. The van der Waals surface area contributed by atoms with Gasteiger partial charge in [0.15, 0.2) is 0 Å². The van der Waals surface area contributed by atoms with Gasteiger partial charge in [-0.25, -0.2) is 4.79 Å². The number of rotatable bonds is 3. The van der Waals surface area contributed by atoms with Gasteiger partial charge in [0.05, 0.1) is 6.04 Å². The summed E-state index contributed by atoms with van der Waals surface area (Å²) in [6.07, 6.45) is 3.03. The van der Waals surface area contributed by atoms with Gasteiger partial charge in [-0.2, -0.15) is 0 Å². The highest BCUT2D eigenvalue weighted by atomic mass is 16.6. The number of nitrogens with zero attached hydrogens (tertiary/aromatic N) is 1. The first-order valence-electron chi connectivity index (χ1n) is 11.3. The lowest BCUT2D eigenvalue weighted by Gasteiger charge is -2.44. The molecule has 1 amide bonds. The molecule has 0 spiro atoms. The molecule has 1 unspecified atom stereocenters. The van der Waals surface area contributed by atoms with Crippen LogP contribution < -0.4 is 5.32 Å². The summed E-state index contributed by atoms with van der Waals surface area (Å²) in [5.41, 5.74) is 6.18. The molecule has 4 heteroatoms. The van der Waals surface area contributed by atoms with Gasteiger partial charge >= 0.3 is 6.09 Å². The van der Waals surface area contributed by atoms with Crippen molar-refractivity contribution in [2.45, 2.75) is 52.2 Å². The number of alkyl carbamates (subject to hydrolysis) is 1. The molecule has 3 saturated heterocycles. The number of hydrogen-bond donors (Lipinski definition) is 1. The predicted molar refractivity (Wildman–Crippen MR) is 119 cm³/mol. The van der Waals surface area contributed by atoms with Crippen LogP contribution >= 0.6 is 0 Å². The fourth-order valence-electron chi connectivity index (χ4n) is 5.57. The number of fused-ring (bicyclic) bond motifs is 4. The predicted octanol–water partition coefficient (Wildman–Crippen LogP) is 5.11. The summed E-state index contributed by atoms with van der Waals surface area (Å²) >= 11 is 0. The number of ether oxygens (including phenoxy) is 1. The zero-order chi connectivity index (χ0) is 20.9. The first-order chi connectivity index (χ1) is 14.4. The molecule has 3 fully saturated rings. The summed E-state index contributed by atoms with van der Waals surface area (Å²) in [6, 6.07) is 15.3. The van der Waals surface area contributed by atoms with Crippen LogP contribution in [0.5, 0.6) is 0 Å². The van der Waals surface area contributed by atoms with E-state index in [9.17, 15) is 4.79 Å². The molecule has 2 atom stereocenters. The van der Waals surface area contributed by atoms with E-state index in [1.807, 2.05) is 0 Å². The van der Waals surface area contributed by atoms with Crippen molar-refractivity contribution in [3.05, 3.63) is 59.2 Å². The van der Waals surface area contributed by atoms with Gasteiger partial charge in [0.2, 0.25) is 0 Å². The number of carbonyl (C=O) groups is 1. The maximum Gasteiger partial charge on any atom is 0.407 e. The second-order valence-corrected chi connectivity index (χ2v) is 10.1. The van der Waals surface area contributed by atoms with Gasteiger partial charge in [-0.1, -0.05) is 55.8 Å². The normalized spacial score (nSPS) is 28.8. The summed E-state index contributed by atoms with van der Waals surface area (Å²) in [5.74, 6) is 0.526. The van der Waals surface area contributed by atoms with Crippen molar-refractivity contribution in [1.29, 1.82) is 0 Å². The zero-order valence-electron chi connectivity index (χ0n) is 18.3. The van der Waals surface area contributed by atoms with E-state index in [2.05, 4.69) is 73.5 Å². The molecule has 30 heavy (non-hydrogen) atoms. The lowest BCUT2D eigenvalue weighted by atomic mass is 9.85. The Balaban J connectivity index is 1.35. The zero-order valence-corrected chi connectivity index (χ0v) is 18.3. The van der Waals surface area contributed by atoms with Crippen molar-refractivity contribution < 1.29 is 9.53 Å². The van der Waals surface area contributed by atoms with Crippen LogP contribution in [0.4, 0.5) is 4.79 Å². The molecule has 3 heterocycles. The fraction of sp³-hybridized carbons (Fsp3) is 0.500. The van der Waals surface area contributed by atoms with Crippen molar-refractivity contribution in [3.63, 3.8) is 0 Å². The highest BCUT2D eigenvalue weighted by Crippen LogP contribution is 2.46. The molecule has 1 N–H and O–H groups in total. The quantitative estimate of drug-likeness (QED) is 0.773. The number of nitrogens with one attached hydrogen (secondary N) is 1. The Hall–Kier alpha value is -2.33. The molecule has 2 aromatic rings. The molecule has 4 nitrogen and oxygen atoms in total. The molecule has 2 bridgehead atoms. The van der Waals surface area contributed by atoms with Crippen molar-refractivity contribution in [2.75, 3.05) is 19.6 Å². The average Bonchev–Trinajstić information content (AvgIpc) is 2.98. The second kappa shape index (κ2) is 7.42. The molecular weight excluding hydrogens is 372 g/mol. The van der Waals surface area contributed by atoms with Gasteiger partial charge in [-0.15, -0.1) is 0 Å². The van der Waals surface area contributed by atoms with Crippen LogP contribution in [0.25, 0.3) is 11.1 Å². The van der Waals surface area contributed by atoms with E-state index in [0.29, 0.717) is 5.92 Å². The van der Waals surface area contributed by atoms with E-state index < -0.39 is 0 Å². The Bertz CT molecular complexity index is 942. The van der Waals surface area contributed by atoms with Crippen molar-refractivity contribution in [3.8, 4) is 11.1 Å². The number of piperidine rings is 3. The third-order valence-electron chi connectivity index (χ3n) is 7.39. The van der Waals surface area contributed by atoms with Gasteiger partial charge < -0.3 is 10.1 Å². The van der Waals surface area contributed by atoms with Crippen molar-refractivity contribution >= 4 is 6.09 Å². The van der Waals surface area contributed by atoms with E-state index in [4.69, 9.17) is 4.74 Å². The number of carbonyl (C=O) groups excluding carboxylic acids is 1. The monoisotopic (exact) mass is 404 g/mol. The van der Waals surface area contributed by atoms with Crippen LogP contribution in [0.15, 0.2) is 42.5 Å². The SMILES string of the molecule is Cc1ccc(-c2ccc3c(c2)C(NC(=O)O[C@@H]2CN4CCC2CC4)C(C)(C)C3)cc1. The molecule has 0 radical (unpaired) electrons. The Kier molecular flexibility index (Phi) is 4.85. The summed E-state index contributed by atoms with van der Waals surface area (Å²) in [6.45, 7) is 9.76. The third-order valence-corrected chi connectivity index (χ3v) is 7.39. The molecule has 2 aromatic carbocycles. The Morgan fingerprint density at radius 3 is 2.43 bits per heavy atom. The first kappa shape index (κ1) is 19.6. The minimum Gasteiger partial charge on any atom is -0.445 e. The minimum atomic E-state index is -0.264. The first-order valence-corrected chi connectivity index (χ1v) is 11.3. The molecule has 6 rings (SSSR count). The summed E-state index contributed by atoms with van der Waals surface area (Å²) in [4.78, 5) is 15.3. The van der Waals surface area contributed by atoms with Crippen LogP contribution in [0.3, 0.4) is 0 Å². The van der Waals surface area contributed by atoms with Crippen LogP contribution in [0, 0.1) is 18.3 Å². The topological polar surface area (TPSA) is 41.6 Å². The highest BCUT2D eigenvalue weighted by molar-refractivity contribution is 5.70. The largest absolute Gasteiger partial charge is 0.445 e. The minimum absolute atomic E-state index is 0.0357. The van der Waals surface area contributed by atoms with Gasteiger partial charge in [0, 0.05) is 6.54 Å².